The standard InChI is InChI=1S/C15H21N3/c1-11(2)12-5-7-13(8-6-12)15-9-14(10-16-3)17-18(15)4/h5-9,11,16H,10H2,1-4H3. The minimum Gasteiger partial charge on any atom is -0.314 e. The third kappa shape index (κ3) is 2.62. The van der Waals surface area contributed by atoms with Crippen molar-refractivity contribution in [2.24, 2.45) is 7.05 Å². The molecule has 0 aliphatic carbocycles. The van der Waals surface area contributed by atoms with E-state index in [4.69, 9.17) is 0 Å². The first kappa shape index (κ1) is 12.8. The molecule has 2 aromatic rings. The number of benzene rings is 1. The van der Waals surface area contributed by atoms with E-state index in [9.17, 15) is 0 Å². The van der Waals surface area contributed by atoms with Gasteiger partial charge in [-0.25, -0.2) is 0 Å². The van der Waals surface area contributed by atoms with Crippen LogP contribution in [0.15, 0.2) is 30.3 Å². The summed E-state index contributed by atoms with van der Waals surface area (Å²) in [7, 11) is 3.93. The molecule has 0 unspecified atom stereocenters. The van der Waals surface area contributed by atoms with Crippen LogP contribution in [0.4, 0.5) is 0 Å². The van der Waals surface area contributed by atoms with Crippen molar-refractivity contribution in [2.75, 3.05) is 7.05 Å². The van der Waals surface area contributed by atoms with Crippen LogP contribution in [0, 0.1) is 0 Å². The largest absolute Gasteiger partial charge is 0.314 e. The van der Waals surface area contributed by atoms with Gasteiger partial charge in [-0.2, -0.15) is 5.10 Å². The van der Waals surface area contributed by atoms with E-state index in [1.54, 1.807) is 0 Å². The Morgan fingerprint density at radius 2 is 1.89 bits per heavy atom. The smallest absolute Gasteiger partial charge is 0.0768 e. The van der Waals surface area contributed by atoms with E-state index < -0.39 is 0 Å². The van der Waals surface area contributed by atoms with E-state index in [1.165, 1.54) is 11.1 Å². The van der Waals surface area contributed by atoms with Crippen LogP contribution in [0.25, 0.3) is 11.3 Å². The molecule has 18 heavy (non-hydrogen) atoms. The van der Waals surface area contributed by atoms with E-state index >= 15 is 0 Å². The summed E-state index contributed by atoms with van der Waals surface area (Å²) >= 11 is 0. The van der Waals surface area contributed by atoms with Gasteiger partial charge in [0.15, 0.2) is 0 Å². The molecule has 1 aromatic heterocycles. The van der Waals surface area contributed by atoms with Crippen LogP contribution in [-0.4, -0.2) is 16.8 Å². The van der Waals surface area contributed by atoms with E-state index in [1.807, 2.05) is 18.8 Å². The molecular formula is C15H21N3. The number of aryl methyl sites for hydroxylation is 1. The van der Waals surface area contributed by atoms with Gasteiger partial charge in [0, 0.05) is 13.6 Å². The molecule has 0 saturated carbocycles. The van der Waals surface area contributed by atoms with Gasteiger partial charge in [-0.15, -0.1) is 0 Å². The Morgan fingerprint density at radius 3 is 2.44 bits per heavy atom. The lowest BCUT2D eigenvalue weighted by molar-refractivity contribution is 0.716. The lowest BCUT2D eigenvalue weighted by Gasteiger charge is -2.07. The van der Waals surface area contributed by atoms with Crippen molar-refractivity contribution in [1.82, 2.24) is 15.1 Å². The summed E-state index contributed by atoms with van der Waals surface area (Å²) in [6, 6.07) is 10.9. The average molecular weight is 243 g/mol. The van der Waals surface area contributed by atoms with Crippen LogP contribution < -0.4 is 5.32 Å². The van der Waals surface area contributed by atoms with Crippen molar-refractivity contribution >= 4 is 0 Å². The highest BCUT2D eigenvalue weighted by atomic mass is 15.3. The summed E-state index contributed by atoms with van der Waals surface area (Å²) in [5.74, 6) is 0.574. The summed E-state index contributed by atoms with van der Waals surface area (Å²) in [6.07, 6.45) is 0. The first-order valence-electron chi connectivity index (χ1n) is 6.39. The van der Waals surface area contributed by atoms with Gasteiger partial charge in [0.25, 0.3) is 0 Å². The number of hydrogen-bond donors (Lipinski definition) is 1. The molecule has 0 amide bonds. The third-order valence-corrected chi connectivity index (χ3v) is 3.16. The van der Waals surface area contributed by atoms with Crippen molar-refractivity contribution in [3.05, 3.63) is 41.6 Å². The molecule has 0 atom stereocenters. The van der Waals surface area contributed by atoms with Crippen LogP contribution in [0.3, 0.4) is 0 Å². The zero-order valence-corrected chi connectivity index (χ0v) is 11.6. The highest BCUT2D eigenvalue weighted by Gasteiger charge is 2.07. The van der Waals surface area contributed by atoms with Crippen LogP contribution in [0.2, 0.25) is 0 Å². The molecular weight excluding hydrogens is 222 g/mol. The lowest BCUT2D eigenvalue weighted by Crippen LogP contribution is -2.05. The maximum atomic E-state index is 4.49. The van der Waals surface area contributed by atoms with Crippen molar-refractivity contribution in [3.8, 4) is 11.3 Å². The number of rotatable bonds is 4. The Hall–Kier alpha value is -1.61. The predicted octanol–water partition coefficient (Wildman–Crippen LogP) is 2.93. The molecule has 96 valence electrons. The van der Waals surface area contributed by atoms with Gasteiger partial charge in [0.1, 0.15) is 0 Å². The SMILES string of the molecule is CNCc1cc(-c2ccc(C(C)C)cc2)n(C)n1. The zero-order chi connectivity index (χ0) is 13.1. The molecule has 0 bridgehead atoms. The van der Waals surface area contributed by atoms with E-state index in [2.05, 4.69) is 54.6 Å². The number of aromatic nitrogens is 2. The maximum Gasteiger partial charge on any atom is 0.0768 e. The van der Waals surface area contributed by atoms with Crippen LogP contribution in [0.5, 0.6) is 0 Å². The number of hydrogen-bond acceptors (Lipinski definition) is 2. The summed E-state index contributed by atoms with van der Waals surface area (Å²) < 4.78 is 1.94. The molecule has 1 aromatic carbocycles. The molecule has 0 saturated heterocycles. The second-order valence-corrected chi connectivity index (χ2v) is 4.95. The number of nitrogens with zero attached hydrogens (tertiary/aromatic N) is 2. The molecule has 3 heteroatoms. The quantitative estimate of drug-likeness (QED) is 0.894. The molecule has 0 aliphatic rings. The fraction of sp³-hybridized carbons (Fsp3) is 0.400. The third-order valence-electron chi connectivity index (χ3n) is 3.16. The van der Waals surface area contributed by atoms with Crippen LogP contribution in [0.1, 0.15) is 31.0 Å². The second kappa shape index (κ2) is 5.36. The predicted molar refractivity (Wildman–Crippen MR) is 75.5 cm³/mol. The Balaban J connectivity index is 2.30. The fourth-order valence-electron chi connectivity index (χ4n) is 2.10. The minimum absolute atomic E-state index is 0.574. The van der Waals surface area contributed by atoms with Crippen LogP contribution in [-0.2, 0) is 13.6 Å². The number of nitrogens with one attached hydrogen (secondary N) is 1. The van der Waals surface area contributed by atoms with Gasteiger partial charge in [0.05, 0.1) is 11.4 Å². The van der Waals surface area contributed by atoms with Gasteiger partial charge in [-0.1, -0.05) is 38.1 Å². The Morgan fingerprint density at radius 1 is 1.22 bits per heavy atom. The van der Waals surface area contributed by atoms with Gasteiger partial charge in [-0.05, 0) is 30.2 Å². The van der Waals surface area contributed by atoms with Crippen molar-refractivity contribution in [1.29, 1.82) is 0 Å². The van der Waals surface area contributed by atoms with Crippen molar-refractivity contribution in [3.63, 3.8) is 0 Å². The Labute approximate surface area is 109 Å². The normalized spacial score (nSPS) is 11.2. The highest BCUT2D eigenvalue weighted by molar-refractivity contribution is 5.60. The molecule has 0 fully saturated rings. The zero-order valence-electron chi connectivity index (χ0n) is 11.6. The first-order chi connectivity index (χ1) is 8.61. The lowest BCUT2D eigenvalue weighted by atomic mass is 10.0. The second-order valence-electron chi connectivity index (χ2n) is 4.95. The summed E-state index contributed by atoms with van der Waals surface area (Å²) in [5, 5.41) is 7.61. The van der Waals surface area contributed by atoms with E-state index in [0.29, 0.717) is 5.92 Å². The van der Waals surface area contributed by atoms with E-state index in [-0.39, 0.29) is 0 Å². The Bertz CT molecular complexity index is 509. The minimum atomic E-state index is 0.574. The summed E-state index contributed by atoms with van der Waals surface area (Å²) in [4.78, 5) is 0. The molecule has 1 heterocycles. The van der Waals surface area contributed by atoms with E-state index in [0.717, 1.165) is 17.9 Å². The highest BCUT2D eigenvalue weighted by Crippen LogP contribution is 2.23. The summed E-state index contributed by atoms with van der Waals surface area (Å²) in [5.41, 5.74) is 4.83. The van der Waals surface area contributed by atoms with Crippen molar-refractivity contribution in [2.45, 2.75) is 26.3 Å². The fourth-order valence-corrected chi connectivity index (χ4v) is 2.10. The van der Waals surface area contributed by atoms with Gasteiger partial charge in [-0.3, -0.25) is 4.68 Å². The molecule has 3 nitrogen and oxygen atoms in total. The molecule has 0 spiro atoms. The Kier molecular flexibility index (Phi) is 3.82. The van der Waals surface area contributed by atoms with Gasteiger partial charge < -0.3 is 5.32 Å². The summed E-state index contributed by atoms with van der Waals surface area (Å²) in [6.45, 7) is 5.23. The molecule has 2 rings (SSSR count). The van der Waals surface area contributed by atoms with Crippen molar-refractivity contribution < 1.29 is 0 Å². The molecule has 1 N–H and O–H groups in total. The molecule has 0 aliphatic heterocycles. The topological polar surface area (TPSA) is 29.9 Å². The first-order valence-corrected chi connectivity index (χ1v) is 6.39. The maximum absolute atomic E-state index is 4.49. The van der Waals surface area contributed by atoms with Gasteiger partial charge in [0.2, 0.25) is 0 Å². The molecule has 0 radical (unpaired) electrons. The van der Waals surface area contributed by atoms with Gasteiger partial charge >= 0.3 is 0 Å². The van der Waals surface area contributed by atoms with Crippen LogP contribution >= 0.6 is 0 Å². The monoisotopic (exact) mass is 243 g/mol. The average Bonchev–Trinajstić information content (AvgIpc) is 2.71.